The normalized spacial score (nSPS) is 26.0. The first-order valence-electron chi connectivity index (χ1n) is 9.83. The lowest BCUT2D eigenvalue weighted by Crippen LogP contribution is -2.45. The van der Waals surface area contributed by atoms with Crippen LogP contribution in [0.5, 0.6) is 5.75 Å². The van der Waals surface area contributed by atoms with Crippen LogP contribution in [0.4, 0.5) is 0 Å². The third-order valence-electron chi connectivity index (χ3n) is 4.79. The fourth-order valence-electron chi connectivity index (χ4n) is 3.55. The molecule has 1 aromatic carbocycles. The summed E-state index contributed by atoms with van der Waals surface area (Å²) in [4.78, 5) is 0. The van der Waals surface area contributed by atoms with Crippen LogP contribution in [-0.4, -0.2) is 47.8 Å². The Morgan fingerprint density at radius 1 is 1.07 bits per heavy atom. The maximum Gasteiger partial charge on any atom is 0.163 e. The molecule has 6 heteroatoms. The van der Waals surface area contributed by atoms with Crippen molar-refractivity contribution in [3.05, 3.63) is 29.8 Å². The monoisotopic (exact) mass is 412 g/mol. The highest BCUT2D eigenvalue weighted by Crippen LogP contribution is 2.38. The lowest BCUT2D eigenvalue weighted by molar-refractivity contribution is -0.301. The lowest BCUT2D eigenvalue weighted by atomic mass is 10.0. The van der Waals surface area contributed by atoms with Gasteiger partial charge in [0.25, 0.3) is 0 Å². The molecule has 0 N–H and O–H groups in total. The molecule has 152 valence electrons. The van der Waals surface area contributed by atoms with E-state index in [4.69, 9.17) is 18.9 Å². The smallest absolute Gasteiger partial charge is 0.163 e. The van der Waals surface area contributed by atoms with E-state index in [0.717, 1.165) is 30.6 Å². The molecule has 2 heterocycles. The summed E-state index contributed by atoms with van der Waals surface area (Å²) in [7, 11) is 1.68. The topological polar surface area (TPSA) is 36.9 Å². The third-order valence-corrected chi connectivity index (χ3v) is 7.78. The Kier molecular flexibility index (Phi) is 8.21. The van der Waals surface area contributed by atoms with Gasteiger partial charge in [-0.15, -0.1) is 23.5 Å². The van der Waals surface area contributed by atoms with Gasteiger partial charge < -0.3 is 18.9 Å². The molecular formula is C21H32O4S2. The number of hydrogen-bond acceptors (Lipinski definition) is 6. The average molecular weight is 413 g/mol. The first kappa shape index (κ1) is 21.3. The Bertz CT molecular complexity index is 558. The minimum absolute atomic E-state index is 0.202. The summed E-state index contributed by atoms with van der Waals surface area (Å²) in [6.07, 6.45) is 4.81. The molecule has 2 aliphatic heterocycles. The van der Waals surface area contributed by atoms with Crippen molar-refractivity contribution in [1.29, 1.82) is 0 Å². The molecule has 3 rings (SSSR count). The molecule has 0 aromatic heterocycles. The van der Waals surface area contributed by atoms with Crippen molar-refractivity contribution in [3.63, 3.8) is 0 Å². The van der Waals surface area contributed by atoms with Crippen LogP contribution in [0.3, 0.4) is 0 Å². The lowest BCUT2D eigenvalue weighted by Gasteiger charge is -2.42. The Balaban J connectivity index is 1.41. The number of hydrogen-bond donors (Lipinski definition) is 0. The van der Waals surface area contributed by atoms with Crippen molar-refractivity contribution in [2.45, 2.75) is 68.7 Å². The van der Waals surface area contributed by atoms with Gasteiger partial charge in [0.05, 0.1) is 30.5 Å². The maximum absolute atomic E-state index is 6.20. The number of thioether (sulfide) groups is 2. The molecule has 0 aliphatic carbocycles. The molecule has 0 radical (unpaired) electrons. The zero-order valence-electron chi connectivity index (χ0n) is 16.6. The minimum atomic E-state index is -0.506. The van der Waals surface area contributed by atoms with E-state index in [1.165, 1.54) is 17.9 Å². The number of methoxy groups -OCH3 is 1. The van der Waals surface area contributed by atoms with E-state index in [2.05, 4.69) is 23.5 Å². The van der Waals surface area contributed by atoms with Gasteiger partial charge in [-0.2, -0.15) is 0 Å². The largest absolute Gasteiger partial charge is 0.497 e. The molecule has 0 amide bonds. The first-order valence-corrected chi connectivity index (χ1v) is 11.9. The van der Waals surface area contributed by atoms with E-state index in [-0.39, 0.29) is 12.2 Å². The van der Waals surface area contributed by atoms with Crippen LogP contribution >= 0.6 is 23.5 Å². The van der Waals surface area contributed by atoms with Crippen molar-refractivity contribution in [1.82, 2.24) is 0 Å². The quantitative estimate of drug-likeness (QED) is 0.553. The van der Waals surface area contributed by atoms with Gasteiger partial charge in [-0.05, 0) is 62.3 Å². The summed E-state index contributed by atoms with van der Waals surface area (Å²) in [5.74, 6) is 2.94. The van der Waals surface area contributed by atoms with Gasteiger partial charge >= 0.3 is 0 Å². The second-order valence-corrected chi connectivity index (χ2v) is 10.5. The van der Waals surface area contributed by atoms with Gasteiger partial charge in [-0.25, -0.2) is 0 Å². The van der Waals surface area contributed by atoms with E-state index in [1.807, 2.05) is 38.1 Å². The van der Waals surface area contributed by atoms with Gasteiger partial charge in [0.1, 0.15) is 5.75 Å². The highest BCUT2D eigenvalue weighted by atomic mass is 32.2. The minimum Gasteiger partial charge on any atom is -0.497 e. The second-order valence-electron chi connectivity index (χ2n) is 7.56. The van der Waals surface area contributed by atoms with Crippen molar-refractivity contribution in [2.75, 3.05) is 25.2 Å². The van der Waals surface area contributed by atoms with Crippen LogP contribution in [0.25, 0.3) is 0 Å². The zero-order chi connectivity index (χ0) is 19.1. The molecule has 4 nitrogen and oxygen atoms in total. The molecule has 2 atom stereocenters. The number of benzene rings is 1. The summed E-state index contributed by atoms with van der Waals surface area (Å²) in [6.45, 7) is 5.39. The third kappa shape index (κ3) is 7.17. The summed E-state index contributed by atoms with van der Waals surface area (Å²) in [6, 6.07) is 8.02. The standard InChI is InChI=1S/C21H32O4S2/c1-21(2)24-18(13-19(25-21)14-20-26-11-4-12-27-20)9-10-23-15-16-5-7-17(22-3)8-6-16/h5-8,18-20H,4,9-15H2,1-3H3/t18-,19-/m0/s1. The Morgan fingerprint density at radius 2 is 1.78 bits per heavy atom. The fraction of sp³-hybridized carbons (Fsp3) is 0.714. The molecular weight excluding hydrogens is 380 g/mol. The molecule has 2 fully saturated rings. The van der Waals surface area contributed by atoms with Crippen LogP contribution < -0.4 is 4.74 Å². The van der Waals surface area contributed by atoms with Gasteiger partial charge in [-0.3, -0.25) is 0 Å². The predicted molar refractivity (Wildman–Crippen MR) is 114 cm³/mol. The van der Waals surface area contributed by atoms with E-state index >= 15 is 0 Å². The van der Waals surface area contributed by atoms with Crippen LogP contribution in [0.1, 0.15) is 45.1 Å². The van der Waals surface area contributed by atoms with Crippen molar-refractivity contribution >= 4 is 23.5 Å². The van der Waals surface area contributed by atoms with Crippen LogP contribution in [-0.2, 0) is 20.8 Å². The van der Waals surface area contributed by atoms with E-state index < -0.39 is 5.79 Å². The maximum atomic E-state index is 6.20. The van der Waals surface area contributed by atoms with E-state index in [0.29, 0.717) is 17.8 Å². The second kappa shape index (κ2) is 10.4. The van der Waals surface area contributed by atoms with Crippen molar-refractivity contribution in [3.8, 4) is 5.75 Å². The van der Waals surface area contributed by atoms with Crippen LogP contribution in [0, 0.1) is 0 Å². The molecule has 27 heavy (non-hydrogen) atoms. The van der Waals surface area contributed by atoms with E-state index in [1.54, 1.807) is 7.11 Å². The van der Waals surface area contributed by atoms with Gasteiger partial charge in [0.2, 0.25) is 0 Å². The van der Waals surface area contributed by atoms with E-state index in [9.17, 15) is 0 Å². The number of ether oxygens (including phenoxy) is 4. The predicted octanol–water partition coefficient (Wildman–Crippen LogP) is 5.10. The molecule has 0 saturated carbocycles. The number of rotatable bonds is 8. The molecule has 2 aliphatic rings. The Labute approximate surface area is 172 Å². The van der Waals surface area contributed by atoms with Gasteiger partial charge in [-0.1, -0.05) is 12.1 Å². The van der Waals surface area contributed by atoms with Crippen LogP contribution in [0.2, 0.25) is 0 Å². The molecule has 0 spiro atoms. The highest BCUT2D eigenvalue weighted by molar-refractivity contribution is 8.17. The summed E-state index contributed by atoms with van der Waals surface area (Å²) >= 11 is 4.18. The summed E-state index contributed by atoms with van der Waals surface area (Å²) < 4.78 is 24.1. The first-order chi connectivity index (χ1) is 13.0. The Morgan fingerprint density at radius 3 is 2.48 bits per heavy atom. The summed E-state index contributed by atoms with van der Waals surface area (Å²) in [5.41, 5.74) is 1.16. The van der Waals surface area contributed by atoms with Gasteiger partial charge in [0.15, 0.2) is 5.79 Å². The van der Waals surface area contributed by atoms with Crippen molar-refractivity contribution in [2.24, 2.45) is 0 Å². The average Bonchev–Trinajstić information content (AvgIpc) is 2.65. The molecule has 0 unspecified atom stereocenters. The summed E-state index contributed by atoms with van der Waals surface area (Å²) in [5, 5.41) is 0. The zero-order valence-corrected chi connectivity index (χ0v) is 18.3. The fourth-order valence-corrected chi connectivity index (χ4v) is 6.55. The SMILES string of the molecule is COc1ccc(COCC[C@H]2C[C@@H](CC3SCCCS3)OC(C)(C)O2)cc1. The highest BCUT2D eigenvalue weighted by Gasteiger charge is 2.36. The molecule has 1 aromatic rings. The van der Waals surface area contributed by atoms with Crippen molar-refractivity contribution < 1.29 is 18.9 Å². The van der Waals surface area contributed by atoms with Crippen LogP contribution in [0.15, 0.2) is 24.3 Å². The Hall–Kier alpha value is -0.400. The van der Waals surface area contributed by atoms with Gasteiger partial charge in [0, 0.05) is 13.0 Å². The molecule has 0 bridgehead atoms. The molecule has 2 saturated heterocycles.